The topological polar surface area (TPSA) is 62.2 Å². The van der Waals surface area contributed by atoms with Gasteiger partial charge in [0.05, 0.1) is 11.4 Å². The minimum absolute atomic E-state index is 0.340. The Morgan fingerprint density at radius 2 is 2.18 bits per heavy atom. The number of halogens is 1. The lowest BCUT2D eigenvalue weighted by molar-refractivity contribution is 1.01. The number of hydrogen-bond donors (Lipinski definition) is 2. The van der Waals surface area contributed by atoms with Crippen LogP contribution in [0.2, 0.25) is 5.15 Å². The quantitative estimate of drug-likeness (QED) is 0.626. The van der Waals surface area contributed by atoms with Gasteiger partial charge in [-0.05, 0) is 26.3 Å². The molecule has 1 aromatic rings. The molecule has 0 amide bonds. The highest BCUT2D eigenvalue weighted by atomic mass is 35.5. The molecule has 0 fully saturated rings. The van der Waals surface area contributed by atoms with Gasteiger partial charge in [0.1, 0.15) is 0 Å². The highest BCUT2D eigenvalue weighted by molar-refractivity contribution is 6.29. The van der Waals surface area contributed by atoms with E-state index >= 15 is 0 Å². The van der Waals surface area contributed by atoms with Crippen molar-refractivity contribution in [2.75, 3.05) is 17.3 Å². The van der Waals surface area contributed by atoms with Crippen LogP contribution in [-0.4, -0.2) is 22.5 Å². The Kier molecular flexibility index (Phi) is 4.90. The fourth-order valence-electron chi connectivity index (χ4n) is 1.01. The summed E-state index contributed by atoms with van der Waals surface area (Å²) in [6.07, 6.45) is 0. The third-order valence-electron chi connectivity index (χ3n) is 2.08. The SMILES string of the molecule is C=C(C)C(C)=NNc1nnc(Cl)cc1NCC. The summed E-state index contributed by atoms with van der Waals surface area (Å²) in [6, 6.07) is 1.70. The number of rotatable bonds is 5. The van der Waals surface area contributed by atoms with E-state index in [0.29, 0.717) is 11.0 Å². The Bertz CT molecular complexity index is 441. The molecule has 0 atom stereocenters. The molecular weight excluding hydrogens is 238 g/mol. The average molecular weight is 254 g/mol. The molecule has 0 saturated carbocycles. The van der Waals surface area contributed by atoms with Crippen LogP contribution in [0, 0.1) is 0 Å². The molecule has 0 aromatic carbocycles. The molecule has 0 aliphatic carbocycles. The monoisotopic (exact) mass is 253 g/mol. The van der Waals surface area contributed by atoms with Crippen molar-refractivity contribution in [1.29, 1.82) is 0 Å². The molecule has 6 heteroatoms. The Morgan fingerprint density at radius 1 is 1.47 bits per heavy atom. The van der Waals surface area contributed by atoms with Crippen LogP contribution >= 0.6 is 11.6 Å². The molecule has 0 radical (unpaired) electrons. The zero-order chi connectivity index (χ0) is 12.8. The molecule has 1 aromatic heterocycles. The molecule has 0 unspecified atom stereocenters. The first-order valence-corrected chi connectivity index (χ1v) is 5.65. The van der Waals surface area contributed by atoms with Crippen molar-refractivity contribution in [2.24, 2.45) is 5.10 Å². The van der Waals surface area contributed by atoms with E-state index in [1.165, 1.54) is 0 Å². The maximum atomic E-state index is 5.77. The Balaban J connectivity index is 2.90. The standard InChI is InChI=1S/C11H16ClN5/c1-5-13-9-6-10(12)15-17-11(9)16-14-8(4)7(2)3/h6H,2,5H2,1,3-4H3,(H,13,15)(H,16,17). The summed E-state index contributed by atoms with van der Waals surface area (Å²) in [5, 5.41) is 15.3. The van der Waals surface area contributed by atoms with Crippen LogP contribution in [0.25, 0.3) is 0 Å². The van der Waals surface area contributed by atoms with Crippen molar-refractivity contribution >= 4 is 28.8 Å². The van der Waals surface area contributed by atoms with Crippen LogP contribution in [0.1, 0.15) is 20.8 Å². The van der Waals surface area contributed by atoms with E-state index in [1.807, 2.05) is 20.8 Å². The molecule has 17 heavy (non-hydrogen) atoms. The van der Waals surface area contributed by atoms with Crippen molar-refractivity contribution in [3.63, 3.8) is 0 Å². The molecule has 1 rings (SSSR count). The van der Waals surface area contributed by atoms with Crippen molar-refractivity contribution in [3.05, 3.63) is 23.4 Å². The molecular formula is C11H16ClN5. The number of anilines is 2. The lowest BCUT2D eigenvalue weighted by Gasteiger charge is -2.08. The Labute approximate surface area is 106 Å². The minimum Gasteiger partial charge on any atom is -0.382 e. The highest BCUT2D eigenvalue weighted by Crippen LogP contribution is 2.20. The van der Waals surface area contributed by atoms with Crippen LogP contribution in [0.4, 0.5) is 11.5 Å². The first-order chi connectivity index (χ1) is 8.04. The maximum Gasteiger partial charge on any atom is 0.192 e. The van der Waals surface area contributed by atoms with Crippen molar-refractivity contribution in [3.8, 4) is 0 Å². The van der Waals surface area contributed by atoms with Crippen LogP contribution < -0.4 is 10.7 Å². The smallest absolute Gasteiger partial charge is 0.192 e. The summed E-state index contributed by atoms with van der Waals surface area (Å²) in [6.45, 7) is 10.3. The van der Waals surface area contributed by atoms with Gasteiger partial charge in [0.25, 0.3) is 0 Å². The van der Waals surface area contributed by atoms with Gasteiger partial charge in [-0.15, -0.1) is 10.2 Å². The molecule has 0 spiro atoms. The molecule has 5 nitrogen and oxygen atoms in total. The molecule has 92 valence electrons. The largest absolute Gasteiger partial charge is 0.382 e. The summed E-state index contributed by atoms with van der Waals surface area (Å²) in [5.74, 6) is 0.539. The highest BCUT2D eigenvalue weighted by Gasteiger charge is 2.04. The van der Waals surface area contributed by atoms with Crippen molar-refractivity contribution in [1.82, 2.24) is 10.2 Å². The van der Waals surface area contributed by atoms with Crippen LogP contribution in [-0.2, 0) is 0 Å². The number of nitrogens with one attached hydrogen (secondary N) is 2. The van der Waals surface area contributed by atoms with E-state index in [2.05, 4.69) is 32.6 Å². The van der Waals surface area contributed by atoms with Gasteiger partial charge in [-0.25, -0.2) is 0 Å². The van der Waals surface area contributed by atoms with Gasteiger partial charge in [-0.3, -0.25) is 5.43 Å². The summed E-state index contributed by atoms with van der Waals surface area (Å²) in [7, 11) is 0. The molecule has 0 aliphatic heterocycles. The normalized spacial score (nSPS) is 11.2. The molecule has 0 aliphatic rings. The first kappa shape index (κ1) is 13.4. The van der Waals surface area contributed by atoms with Crippen molar-refractivity contribution < 1.29 is 0 Å². The second-order valence-corrected chi connectivity index (χ2v) is 3.94. The molecule has 2 N–H and O–H groups in total. The summed E-state index contributed by atoms with van der Waals surface area (Å²) in [4.78, 5) is 0. The molecule has 0 bridgehead atoms. The van der Waals surface area contributed by atoms with E-state index in [0.717, 1.165) is 23.5 Å². The molecule has 0 saturated heterocycles. The van der Waals surface area contributed by atoms with Gasteiger partial charge >= 0.3 is 0 Å². The first-order valence-electron chi connectivity index (χ1n) is 5.27. The number of hydrazone groups is 1. The summed E-state index contributed by atoms with van der Waals surface area (Å²) >= 11 is 5.77. The molecule has 1 heterocycles. The zero-order valence-electron chi connectivity index (χ0n) is 10.2. The van der Waals surface area contributed by atoms with E-state index in [9.17, 15) is 0 Å². The predicted molar refractivity (Wildman–Crippen MR) is 72.8 cm³/mol. The van der Waals surface area contributed by atoms with Gasteiger partial charge in [0, 0.05) is 12.6 Å². The van der Waals surface area contributed by atoms with Gasteiger partial charge in [-0.1, -0.05) is 18.2 Å². The predicted octanol–water partition coefficient (Wildman–Crippen LogP) is 2.93. The van der Waals surface area contributed by atoms with E-state index in [-0.39, 0.29) is 0 Å². The fourth-order valence-corrected chi connectivity index (χ4v) is 1.15. The average Bonchev–Trinajstić information content (AvgIpc) is 2.28. The number of hydrogen-bond acceptors (Lipinski definition) is 5. The number of nitrogens with zero attached hydrogens (tertiary/aromatic N) is 3. The minimum atomic E-state index is 0.340. The van der Waals surface area contributed by atoms with Gasteiger partial charge in [-0.2, -0.15) is 5.10 Å². The summed E-state index contributed by atoms with van der Waals surface area (Å²) in [5.41, 5.74) is 5.31. The number of aromatic nitrogens is 2. The van der Waals surface area contributed by atoms with Crippen LogP contribution in [0.3, 0.4) is 0 Å². The van der Waals surface area contributed by atoms with Gasteiger partial charge < -0.3 is 5.32 Å². The van der Waals surface area contributed by atoms with Gasteiger partial charge in [0.2, 0.25) is 0 Å². The lowest BCUT2D eigenvalue weighted by Crippen LogP contribution is -2.06. The van der Waals surface area contributed by atoms with Crippen molar-refractivity contribution in [2.45, 2.75) is 20.8 Å². The second-order valence-electron chi connectivity index (χ2n) is 3.55. The van der Waals surface area contributed by atoms with E-state index in [1.54, 1.807) is 6.07 Å². The van der Waals surface area contributed by atoms with E-state index in [4.69, 9.17) is 11.6 Å². The zero-order valence-corrected chi connectivity index (χ0v) is 11.0. The third-order valence-corrected chi connectivity index (χ3v) is 2.26. The van der Waals surface area contributed by atoms with Gasteiger partial charge in [0.15, 0.2) is 11.0 Å². The summed E-state index contributed by atoms with van der Waals surface area (Å²) < 4.78 is 0. The van der Waals surface area contributed by atoms with E-state index < -0.39 is 0 Å². The van der Waals surface area contributed by atoms with Crippen LogP contribution in [0.15, 0.2) is 23.3 Å². The second kappa shape index (κ2) is 6.20. The fraction of sp³-hybridized carbons (Fsp3) is 0.364. The van der Waals surface area contributed by atoms with Crippen LogP contribution in [0.5, 0.6) is 0 Å². The third kappa shape index (κ3) is 4.03. The Morgan fingerprint density at radius 3 is 2.76 bits per heavy atom. The number of allylic oxidation sites excluding steroid dienone is 1. The lowest BCUT2D eigenvalue weighted by atomic mass is 10.2. The maximum absolute atomic E-state index is 5.77. The Hall–Kier alpha value is -1.62.